The van der Waals surface area contributed by atoms with E-state index in [1.807, 2.05) is 38.1 Å². The van der Waals surface area contributed by atoms with E-state index in [9.17, 15) is 14.4 Å². The molecule has 0 atom stereocenters. The van der Waals surface area contributed by atoms with Gasteiger partial charge in [-0.15, -0.1) is 0 Å². The molecule has 0 saturated heterocycles. The zero-order chi connectivity index (χ0) is 22.8. The van der Waals surface area contributed by atoms with Crippen LogP contribution in [0.3, 0.4) is 0 Å². The lowest BCUT2D eigenvalue weighted by Crippen LogP contribution is -2.28. The van der Waals surface area contributed by atoms with Crippen molar-refractivity contribution in [1.29, 1.82) is 0 Å². The Bertz CT molecular complexity index is 1400. The Morgan fingerprint density at radius 1 is 0.938 bits per heavy atom. The monoisotopic (exact) mass is 430 g/mol. The number of hydrogen-bond acceptors (Lipinski definition) is 6. The standard InChI is InChI=1S/C25H22N2O5/c1-15(2)14-27-23(28)19-11-7-6-10-18(19)22(26-27)25(30)32-21-13-17-9-5-4-8-16(17)12-20(21)24(29)31-3/h4-13,15H,14H2,1-3H3. The highest BCUT2D eigenvalue weighted by atomic mass is 16.5. The predicted molar refractivity (Wildman–Crippen MR) is 121 cm³/mol. The molecule has 7 nitrogen and oxygen atoms in total. The summed E-state index contributed by atoms with van der Waals surface area (Å²) in [6, 6.07) is 17.4. The van der Waals surface area contributed by atoms with E-state index in [0.717, 1.165) is 10.8 Å². The molecule has 0 N–H and O–H groups in total. The molecule has 1 aromatic heterocycles. The lowest BCUT2D eigenvalue weighted by molar-refractivity contribution is 0.0593. The molecule has 4 aromatic rings. The van der Waals surface area contributed by atoms with Crippen molar-refractivity contribution >= 4 is 33.5 Å². The number of carbonyl (C=O) groups excluding carboxylic acids is 2. The highest BCUT2D eigenvalue weighted by molar-refractivity contribution is 6.05. The summed E-state index contributed by atoms with van der Waals surface area (Å²) in [4.78, 5) is 38.4. The molecule has 1 heterocycles. The largest absolute Gasteiger partial charge is 0.465 e. The van der Waals surface area contributed by atoms with Crippen LogP contribution in [0.2, 0.25) is 0 Å². The smallest absolute Gasteiger partial charge is 0.364 e. The maximum Gasteiger partial charge on any atom is 0.364 e. The molecule has 32 heavy (non-hydrogen) atoms. The fraction of sp³-hybridized carbons (Fsp3) is 0.200. The average molecular weight is 430 g/mol. The van der Waals surface area contributed by atoms with Gasteiger partial charge in [0.05, 0.1) is 12.5 Å². The van der Waals surface area contributed by atoms with Gasteiger partial charge in [-0.05, 0) is 34.9 Å². The van der Waals surface area contributed by atoms with Gasteiger partial charge in [0.1, 0.15) is 11.3 Å². The minimum absolute atomic E-state index is 0.00447. The number of aromatic nitrogens is 2. The van der Waals surface area contributed by atoms with Gasteiger partial charge in [0, 0.05) is 11.9 Å². The zero-order valence-electron chi connectivity index (χ0n) is 18.0. The SMILES string of the molecule is COC(=O)c1cc2ccccc2cc1OC(=O)c1nn(CC(C)C)c(=O)c2ccccc12. The van der Waals surface area contributed by atoms with E-state index in [0.29, 0.717) is 17.3 Å². The molecular weight excluding hydrogens is 408 g/mol. The van der Waals surface area contributed by atoms with E-state index in [-0.39, 0.29) is 28.5 Å². The highest BCUT2D eigenvalue weighted by Crippen LogP contribution is 2.28. The molecule has 0 aliphatic rings. The topological polar surface area (TPSA) is 87.5 Å². The minimum Gasteiger partial charge on any atom is -0.465 e. The van der Waals surface area contributed by atoms with Crippen molar-refractivity contribution in [2.45, 2.75) is 20.4 Å². The Morgan fingerprint density at radius 3 is 2.22 bits per heavy atom. The summed E-state index contributed by atoms with van der Waals surface area (Å²) in [5, 5.41) is 6.68. The molecule has 0 aliphatic heterocycles. The first-order valence-corrected chi connectivity index (χ1v) is 10.2. The molecule has 7 heteroatoms. The molecule has 0 bridgehead atoms. The van der Waals surface area contributed by atoms with Gasteiger partial charge in [0.2, 0.25) is 0 Å². The summed E-state index contributed by atoms with van der Waals surface area (Å²) >= 11 is 0. The molecule has 0 amide bonds. The normalized spacial score (nSPS) is 11.1. The molecular formula is C25H22N2O5. The molecule has 3 aromatic carbocycles. The van der Waals surface area contributed by atoms with Gasteiger partial charge in [-0.3, -0.25) is 4.79 Å². The van der Waals surface area contributed by atoms with Crippen molar-refractivity contribution in [1.82, 2.24) is 9.78 Å². The molecule has 0 spiro atoms. The van der Waals surface area contributed by atoms with Crippen LogP contribution in [-0.2, 0) is 11.3 Å². The number of rotatable bonds is 5. The quantitative estimate of drug-likeness (QED) is 0.348. The first-order valence-electron chi connectivity index (χ1n) is 10.2. The Labute approximate surface area is 184 Å². The van der Waals surface area contributed by atoms with Crippen LogP contribution in [0.4, 0.5) is 0 Å². The summed E-state index contributed by atoms with van der Waals surface area (Å²) in [5.74, 6) is -1.18. The maximum atomic E-state index is 13.2. The second-order valence-electron chi connectivity index (χ2n) is 7.85. The molecule has 0 unspecified atom stereocenters. The van der Waals surface area contributed by atoms with Crippen LogP contribution in [-0.4, -0.2) is 28.8 Å². The predicted octanol–water partition coefficient (Wildman–Crippen LogP) is 4.21. The number of hydrogen-bond donors (Lipinski definition) is 0. The van der Waals surface area contributed by atoms with Crippen LogP contribution in [0.1, 0.15) is 34.7 Å². The van der Waals surface area contributed by atoms with Gasteiger partial charge in [-0.25, -0.2) is 14.3 Å². The summed E-state index contributed by atoms with van der Waals surface area (Å²) in [7, 11) is 1.26. The molecule has 0 saturated carbocycles. The third-order valence-corrected chi connectivity index (χ3v) is 5.06. The summed E-state index contributed by atoms with van der Waals surface area (Å²) in [5.41, 5.74) is -0.143. The van der Waals surface area contributed by atoms with Crippen LogP contribution in [0.5, 0.6) is 5.75 Å². The zero-order valence-corrected chi connectivity index (χ0v) is 18.0. The number of methoxy groups -OCH3 is 1. The van der Waals surface area contributed by atoms with Crippen molar-refractivity contribution in [3.63, 3.8) is 0 Å². The van der Waals surface area contributed by atoms with Crippen molar-refractivity contribution in [3.8, 4) is 5.75 Å². The number of benzene rings is 3. The van der Waals surface area contributed by atoms with E-state index >= 15 is 0 Å². The van der Waals surface area contributed by atoms with Crippen LogP contribution in [0.15, 0.2) is 65.5 Å². The van der Waals surface area contributed by atoms with Gasteiger partial charge in [-0.1, -0.05) is 56.3 Å². The lowest BCUT2D eigenvalue weighted by atomic mass is 10.1. The van der Waals surface area contributed by atoms with Crippen LogP contribution in [0, 0.1) is 5.92 Å². The van der Waals surface area contributed by atoms with E-state index in [2.05, 4.69) is 5.10 Å². The number of esters is 2. The lowest BCUT2D eigenvalue weighted by Gasteiger charge is -2.14. The second kappa shape index (κ2) is 8.63. The molecule has 0 fully saturated rings. The van der Waals surface area contributed by atoms with E-state index in [1.54, 1.807) is 36.4 Å². The van der Waals surface area contributed by atoms with Gasteiger partial charge < -0.3 is 9.47 Å². The molecule has 0 aliphatic carbocycles. The van der Waals surface area contributed by atoms with Crippen LogP contribution >= 0.6 is 0 Å². The van der Waals surface area contributed by atoms with Gasteiger partial charge >= 0.3 is 11.9 Å². The number of ether oxygens (including phenoxy) is 2. The van der Waals surface area contributed by atoms with Crippen molar-refractivity contribution in [2.75, 3.05) is 7.11 Å². The van der Waals surface area contributed by atoms with E-state index in [1.165, 1.54) is 11.8 Å². The average Bonchev–Trinajstić information content (AvgIpc) is 2.79. The van der Waals surface area contributed by atoms with Crippen molar-refractivity contribution < 1.29 is 19.1 Å². The number of fused-ring (bicyclic) bond motifs is 2. The summed E-state index contributed by atoms with van der Waals surface area (Å²) < 4.78 is 11.8. The Balaban J connectivity index is 1.84. The summed E-state index contributed by atoms with van der Waals surface area (Å²) in [6.07, 6.45) is 0. The Hall–Kier alpha value is -4.00. The maximum absolute atomic E-state index is 13.2. The molecule has 162 valence electrons. The van der Waals surface area contributed by atoms with Crippen molar-refractivity contribution in [2.24, 2.45) is 5.92 Å². The van der Waals surface area contributed by atoms with Crippen LogP contribution in [0.25, 0.3) is 21.5 Å². The fourth-order valence-corrected chi connectivity index (χ4v) is 3.58. The summed E-state index contributed by atoms with van der Waals surface area (Å²) in [6.45, 7) is 4.27. The first kappa shape index (κ1) is 21.2. The number of nitrogens with zero attached hydrogens (tertiary/aromatic N) is 2. The number of carbonyl (C=O) groups is 2. The third kappa shape index (κ3) is 3.97. The first-order chi connectivity index (χ1) is 15.4. The van der Waals surface area contributed by atoms with E-state index in [4.69, 9.17) is 9.47 Å². The van der Waals surface area contributed by atoms with Gasteiger partial charge in [0.15, 0.2) is 5.69 Å². The molecule has 0 radical (unpaired) electrons. The van der Waals surface area contributed by atoms with E-state index < -0.39 is 11.9 Å². The van der Waals surface area contributed by atoms with Gasteiger partial charge in [-0.2, -0.15) is 5.10 Å². The fourth-order valence-electron chi connectivity index (χ4n) is 3.58. The Morgan fingerprint density at radius 2 is 1.56 bits per heavy atom. The highest BCUT2D eigenvalue weighted by Gasteiger charge is 2.22. The Kier molecular flexibility index (Phi) is 5.73. The van der Waals surface area contributed by atoms with Crippen molar-refractivity contribution in [3.05, 3.63) is 82.3 Å². The van der Waals surface area contributed by atoms with Crippen LogP contribution < -0.4 is 10.3 Å². The third-order valence-electron chi connectivity index (χ3n) is 5.06. The minimum atomic E-state index is -0.765. The molecule has 4 rings (SSSR count). The second-order valence-corrected chi connectivity index (χ2v) is 7.85. The van der Waals surface area contributed by atoms with Gasteiger partial charge in [0.25, 0.3) is 5.56 Å².